The fraction of sp³-hybridized carbons (Fsp3) is 0.273. The number of guanidine groups is 1. The fourth-order valence-corrected chi connectivity index (χ4v) is 1.70. The van der Waals surface area contributed by atoms with Crippen molar-refractivity contribution in [1.82, 2.24) is 5.01 Å². The lowest BCUT2D eigenvalue weighted by molar-refractivity contribution is 0.414. The molecule has 1 aliphatic heterocycles. The second-order valence-corrected chi connectivity index (χ2v) is 3.51. The molecule has 84 valence electrons. The minimum Gasteiger partial charge on any atom is -0.496 e. The summed E-state index contributed by atoms with van der Waals surface area (Å²) >= 11 is 0. The highest BCUT2D eigenvalue weighted by Gasteiger charge is 2.19. The molecule has 3 N–H and O–H groups in total. The van der Waals surface area contributed by atoms with Gasteiger partial charge in [-0.15, -0.1) is 0 Å². The van der Waals surface area contributed by atoms with Crippen LogP contribution in [0.5, 0.6) is 5.75 Å². The standard InChI is InChI=1S/C11H14N4O/c1-16-10-5-3-2-4-8(10)9-6-7-15(14-9)11(12)13/h2-5H,6-7H2,1H3,(H3,12,13). The van der Waals surface area contributed by atoms with Gasteiger partial charge in [-0.3, -0.25) is 5.41 Å². The van der Waals surface area contributed by atoms with E-state index in [4.69, 9.17) is 15.9 Å². The molecule has 1 aliphatic rings. The first kappa shape index (κ1) is 10.5. The smallest absolute Gasteiger partial charge is 0.209 e. The summed E-state index contributed by atoms with van der Waals surface area (Å²) in [5, 5.41) is 13.1. The molecular formula is C11H14N4O. The van der Waals surface area contributed by atoms with E-state index in [9.17, 15) is 0 Å². The Bertz CT molecular complexity index is 441. The van der Waals surface area contributed by atoms with E-state index in [0.29, 0.717) is 6.54 Å². The molecule has 1 aromatic carbocycles. The summed E-state index contributed by atoms with van der Waals surface area (Å²) < 4.78 is 5.27. The lowest BCUT2D eigenvalue weighted by Gasteiger charge is -2.09. The van der Waals surface area contributed by atoms with Gasteiger partial charge in [-0.05, 0) is 12.1 Å². The van der Waals surface area contributed by atoms with E-state index in [1.807, 2.05) is 24.3 Å². The van der Waals surface area contributed by atoms with Crippen LogP contribution in [-0.2, 0) is 0 Å². The van der Waals surface area contributed by atoms with Crippen LogP contribution in [-0.4, -0.2) is 30.3 Å². The monoisotopic (exact) mass is 218 g/mol. The van der Waals surface area contributed by atoms with Gasteiger partial charge in [0.2, 0.25) is 5.96 Å². The van der Waals surface area contributed by atoms with Crippen LogP contribution < -0.4 is 10.5 Å². The number of rotatable bonds is 2. The molecular weight excluding hydrogens is 204 g/mol. The van der Waals surface area contributed by atoms with Crippen molar-refractivity contribution >= 4 is 11.7 Å². The van der Waals surface area contributed by atoms with Crippen LogP contribution in [0.15, 0.2) is 29.4 Å². The lowest BCUT2D eigenvalue weighted by Crippen LogP contribution is -2.29. The zero-order valence-electron chi connectivity index (χ0n) is 9.10. The first-order chi connectivity index (χ1) is 7.72. The third kappa shape index (κ3) is 1.84. The Kier molecular flexibility index (Phi) is 2.76. The lowest BCUT2D eigenvalue weighted by atomic mass is 10.1. The third-order valence-electron chi connectivity index (χ3n) is 2.50. The van der Waals surface area contributed by atoms with Crippen molar-refractivity contribution in [3.05, 3.63) is 29.8 Å². The Morgan fingerprint density at radius 1 is 1.50 bits per heavy atom. The molecule has 0 bridgehead atoms. The summed E-state index contributed by atoms with van der Waals surface area (Å²) in [4.78, 5) is 0. The Morgan fingerprint density at radius 3 is 2.88 bits per heavy atom. The third-order valence-corrected chi connectivity index (χ3v) is 2.50. The molecule has 0 radical (unpaired) electrons. The highest BCUT2D eigenvalue weighted by molar-refractivity contribution is 6.04. The van der Waals surface area contributed by atoms with Gasteiger partial charge in [0.05, 0.1) is 19.4 Å². The molecule has 0 amide bonds. The van der Waals surface area contributed by atoms with Crippen LogP contribution in [0.1, 0.15) is 12.0 Å². The van der Waals surface area contributed by atoms with Crippen LogP contribution in [0.25, 0.3) is 0 Å². The van der Waals surface area contributed by atoms with Crippen molar-refractivity contribution in [3.63, 3.8) is 0 Å². The number of ether oxygens (including phenoxy) is 1. The number of nitrogens with zero attached hydrogens (tertiary/aromatic N) is 2. The molecule has 0 saturated heterocycles. The van der Waals surface area contributed by atoms with Crippen molar-refractivity contribution in [2.24, 2.45) is 10.8 Å². The van der Waals surface area contributed by atoms with Crippen LogP contribution in [0, 0.1) is 5.41 Å². The van der Waals surface area contributed by atoms with Crippen LogP contribution in [0.3, 0.4) is 0 Å². The summed E-state index contributed by atoms with van der Waals surface area (Å²) in [6.45, 7) is 0.655. The number of para-hydroxylation sites is 1. The minimum absolute atomic E-state index is 0.0232. The zero-order valence-corrected chi connectivity index (χ0v) is 9.10. The van der Waals surface area contributed by atoms with Crippen molar-refractivity contribution < 1.29 is 4.74 Å². The zero-order chi connectivity index (χ0) is 11.5. The van der Waals surface area contributed by atoms with Gasteiger partial charge in [0.25, 0.3) is 0 Å². The van der Waals surface area contributed by atoms with Crippen LogP contribution in [0.4, 0.5) is 0 Å². The highest BCUT2D eigenvalue weighted by atomic mass is 16.5. The molecule has 16 heavy (non-hydrogen) atoms. The van der Waals surface area contributed by atoms with Crippen LogP contribution in [0.2, 0.25) is 0 Å². The second kappa shape index (κ2) is 4.22. The van der Waals surface area contributed by atoms with Gasteiger partial charge >= 0.3 is 0 Å². The summed E-state index contributed by atoms with van der Waals surface area (Å²) in [7, 11) is 1.64. The van der Waals surface area contributed by atoms with Crippen molar-refractivity contribution in [2.45, 2.75) is 6.42 Å². The predicted molar refractivity (Wildman–Crippen MR) is 62.8 cm³/mol. The number of hydrogen-bond acceptors (Lipinski definition) is 3. The fourth-order valence-electron chi connectivity index (χ4n) is 1.70. The van der Waals surface area contributed by atoms with E-state index >= 15 is 0 Å². The molecule has 5 nitrogen and oxygen atoms in total. The molecule has 1 aromatic rings. The average Bonchev–Trinajstić information content (AvgIpc) is 2.78. The molecule has 0 fully saturated rings. The Balaban J connectivity index is 2.32. The first-order valence-corrected chi connectivity index (χ1v) is 5.05. The average molecular weight is 218 g/mol. The first-order valence-electron chi connectivity index (χ1n) is 5.05. The Labute approximate surface area is 94.0 Å². The van der Waals surface area contributed by atoms with Gasteiger partial charge in [-0.1, -0.05) is 12.1 Å². The topological polar surface area (TPSA) is 74.7 Å². The number of hydrazone groups is 1. The predicted octanol–water partition coefficient (Wildman–Crippen LogP) is 0.998. The van der Waals surface area contributed by atoms with Gasteiger partial charge in [-0.2, -0.15) is 5.10 Å². The Hall–Kier alpha value is -2.04. The van der Waals surface area contributed by atoms with Crippen molar-refractivity contribution in [2.75, 3.05) is 13.7 Å². The maximum atomic E-state index is 7.31. The van der Waals surface area contributed by atoms with E-state index in [2.05, 4.69) is 5.10 Å². The number of hydrogen-bond donors (Lipinski definition) is 2. The van der Waals surface area contributed by atoms with Gasteiger partial charge < -0.3 is 10.5 Å². The van der Waals surface area contributed by atoms with Crippen molar-refractivity contribution in [3.8, 4) is 5.75 Å². The van der Waals surface area contributed by atoms with Crippen molar-refractivity contribution in [1.29, 1.82) is 5.41 Å². The highest BCUT2D eigenvalue weighted by Crippen LogP contribution is 2.22. The van der Waals surface area contributed by atoms with Gasteiger partial charge in [0, 0.05) is 12.0 Å². The normalized spacial score (nSPS) is 14.8. The molecule has 5 heteroatoms. The summed E-state index contributed by atoms with van der Waals surface area (Å²) in [6.07, 6.45) is 0.778. The number of nitrogens with two attached hydrogens (primary N) is 1. The molecule has 2 rings (SSSR count). The minimum atomic E-state index is -0.0232. The van der Waals surface area contributed by atoms with Gasteiger partial charge in [0.15, 0.2) is 0 Å². The molecule has 0 aromatic heterocycles. The van der Waals surface area contributed by atoms with E-state index in [0.717, 1.165) is 23.4 Å². The SMILES string of the molecule is COc1ccccc1C1=NN(C(=N)N)CC1. The molecule has 0 atom stereocenters. The van der Waals surface area contributed by atoms with E-state index in [1.54, 1.807) is 7.11 Å². The van der Waals surface area contributed by atoms with E-state index in [-0.39, 0.29) is 5.96 Å². The quantitative estimate of drug-likeness (QED) is 0.574. The van der Waals surface area contributed by atoms with E-state index in [1.165, 1.54) is 5.01 Å². The molecule has 0 saturated carbocycles. The van der Waals surface area contributed by atoms with Gasteiger partial charge in [-0.25, -0.2) is 5.01 Å². The number of methoxy groups -OCH3 is 1. The summed E-state index contributed by atoms with van der Waals surface area (Å²) in [5.41, 5.74) is 7.26. The molecule has 0 unspecified atom stereocenters. The van der Waals surface area contributed by atoms with Gasteiger partial charge in [0.1, 0.15) is 5.75 Å². The molecule has 0 aliphatic carbocycles. The maximum absolute atomic E-state index is 7.31. The number of nitrogens with one attached hydrogen (secondary N) is 1. The largest absolute Gasteiger partial charge is 0.496 e. The maximum Gasteiger partial charge on any atom is 0.209 e. The Morgan fingerprint density at radius 2 is 2.25 bits per heavy atom. The summed E-state index contributed by atoms with van der Waals surface area (Å²) in [6, 6.07) is 7.72. The summed E-state index contributed by atoms with van der Waals surface area (Å²) in [5.74, 6) is 0.775. The van der Waals surface area contributed by atoms with E-state index < -0.39 is 0 Å². The second-order valence-electron chi connectivity index (χ2n) is 3.51. The number of benzene rings is 1. The van der Waals surface area contributed by atoms with Crippen LogP contribution >= 0.6 is 0 Å². The molecule has 1 heterocycles. The molecule has 0 spiro atoms.